The number of furan rings is 1. The first-order chi connectivity index (χ1) is 25.8. The van der Waals surface area contributed by atoms with Crippen molar-refractivity contribution in [1.82, 2.24) is 14.4 Å². The number of hydrogen-bond donors (Lipinski definition) is 0. The van der Waals surface area contributed by atoms with Gasteiger partial charge in [-0.05, 0) is 51.5 Å². The van der Waals surface area contributed by atoms with Crippen molar-refractivity contribution in [2.75, 3.05) is 0 Å². The molecule has 0 saturated carbocycles. The van der Waals surface area contributed by atoms with Crippen molar-refractivity contribution in [3.8, 4) is 22.6 Å². The van der Waals surface area contributed by atoms with Crippen molar-refractivity contribution in [2.24, 2.45) is 0 Å². The maximum Gasteiger partial charge on any atom is 0.120 e. The number of para-hydroxylation sites is 3. The molecule has 0 spiro atoms. The molecule has 4 aromatic heterocycles. The molecule has 53 heavy (non-hydrogen) atoms. The van der Waals surface area contributed by atoms with Crippen LogP contribution in [0.1, 0.15) is 0 Å². The Hall–Kier alpha value is -6.39. The van der Waals surface area contributed by atoms with E-state index in [1.165, 1.54) is 21.5 Å². The minimum atomic E-state index is 0. The Labute approximate surface area is 319 Å². The van der Waals surface area contributed by atoms with E-state index in [2.05, 4.69) is 131 Å². The van der Waals surface area contributed by atoms with Crippen molar-refractivity contribution in [3.63, 3.8) is 0 Å². The van der Waals surface area contributed by atoms with Gasteiger partial charge in [-0.3, -0.25) is 4.98 Å². The zero-order valence-electron chi connectivity index (χ0n) is 28.3. The molecule has 1 radical (unpaired) electrons. The van der Waals surface area contributed by atoms with Crippen LogP contribution in [-0.2, 0) is 20.1 Å². The predicted octanol–water partition coefficient (Wildman–Crippen LogP) is 12.4. The van der Waals surface area contributed by atoms with E-state index in [1.807, 2.05) is 60.7 Å². The van der Waals surface area contributed by atoms with E-state index in [0.717, 1.165) is 71.9 Å². The van der Waals surface area contributed by atoms with E-state index < -0.39 is 0 Å². The summed E-state index contributed by atoms with van der Waals surface area (Å²) in [5.41, 5.74) is 7.62. The SMILES string of the molecule is [Ir].[c-]1ccc2c(oc3ccccc32)c1-c1nc2cccc3c4ccccc4c4ccccc4c4ccccc4n1c23.[c-]1ccccc1-c1ccccn1. The number of hydrogen-bond acceptors (Lipinski definition) is 3. The molecule has 0 aliphatic carbocycles. The summed E-state index contributed by atoms with van der Waals surface area (Å²) < 4.78 is 8.80. The Morgan fingerprint density at radius 1 is 0.491 bits per heavy atom. The number of imidazole rings is 1. The van der Waals surface area contributed by atoms with E-state index in [4.69, 9.17) is 9.40 Å². The third kappa shape index (κ3) is 5.50. The molecule has 11 aromatic rings. The summed E-state index contributed by atoms with van der Waals surface area (Å²) >= 11 is 0. The van der Waals surface area contributed by atoms with Crippen molar-refractivity contribution in [1.29, 1.82) is 0 Å². The third-order valence-electron chi connectivity index (χ3n) is 9.76. The van der Waals surface area contributed by atoms with Crippen LogP contribution in [0.15, 0.2) is 180 Å². The van der Waals surface area contributed by atoms with Crippen LogP contribution in [0.5, 0.6) is 0 Å². The first kappa shape index (κ1) is 32.5. The summed E-state index contributed by atoms with van der Waals surface area (Å²) in [5, 5.41) is 9.27. The zero-order valence-corrected chi connectivity index (χ0v) is 30.7. The number of pyridine rings is 1. The summed E-state index contributed by atoms with van der Waals surface area (Å²) in [6.07, 6.45) is 1.79. The van der Waals surface area contributed by atoms with E-state index >= 15 is 0 Å². The van der Waals surface area contributed by atoms with Crippen LogP contribution in [0, 0.1) is 12.1 Å². The van der Waals surface area contributed by atoms with Gasteiger partial charge in [-0.2, -0.15) is 0 Å². The first-order valence-electron chi connectivity index (χ1n) is 17.3. The number of rotatable bonds is 2. The number of nitrogens with zero attached hydrogens (tertiary/aromatic N) is 3. The molecule has 0 aliphatic rings. The molecule has 4 heterocycles. The standard InChI is InChI=1S/C37H21N2O.C11H8N.Ir/c1-3-13-25-23(11-1)24-12-2-4-14-26(24)29-17-10-20-32-35(29)39(33-21-7-5-15-27(25)33)37(38-32)31-19-9-18-30-28-16-6-8-22-34(28)40-36(30)31;1-2-6-10(7-3-1)11-8-4-5-9-12-11;/h1-18,20-22H;1-6,8-9H;/q2*-1;. The van der Waals surface area contributed by atoms with Gasteiger partial charge in [0.2, 0.25) is 0 Å². The molecule has 0 saturated heterocycles. The molecular weight excluding hydrogens is 827 g/mol. The molecule has 4 nitrogen and oxygen atoms in total. The molecular formula is C48H29IrN3O-2. The summed E-state index contributed by atoms with van der Waals surface area (Å²) in [5.74, 6) is 0.816. The van der Waals surface area contributed by atoms with Crippen LogP contribution in [0.25, 0.3) is 93.5 Å². The van der Waals surface area contributed by atoms with Gasteiger partial charge in [0.1, 0.15) is 5.58 Å². The van der Waals surface area contributed by atoms with Crippen LogP contribution >= 0.6 is 0 Å². The van der Waals surface area contributed by atoms with Crippen LogP contribution < -0.4 is 0 Å². The van der Waals surface area contributed by atoms with Gasteiger partial charge in [-0.25, -0.2) is 0 Å². The average Bonchev–Trinajstić information content (AvgIpc) is 3.81. The Morgan fingerprint density at radius 2 is 1.13 bits per heavy atom. The molecule has 0 bridgehead atoms. The molecule has 11 rings (SSSR count). The minimum absolute atomic E-state index is 0. The fourth-order valence-corrected chi connectivity index (χ4v) is 7.48. The van der Waals surface area contributed by atoms with E-state index in [9.17, 15) is 0 Å². The van der Waals surface area contributed by atoms with Crippen molar-refractivity contribution < 1.29 is 24.5 Å². The van der Waals surface area contributed by atoms with Crippen LogP contribution in [0.4, 0.5) is 0 Å². The third-order valence-corrected chi connectivity index (χ3v) is 9.76. The van der Waals surface area contributed by atoms with Crippen molar-refractivity contribution in [2.45, 2.75) is 0 Å². The molecule has 253 valence electrons. The van der Waals surface area contributed by atoms with E-state index in [-0.39, 0.29) is 20.1 Å². The van der Waals surface area contributed by atoms with Gasteiger partial charge in [0.25, 0.3) is 0 Å². The maximum atomic E-state index is 6.48. The van der Waals surface area contributed by atoms with Gasteiger partial charge in [0.15, 0.2) is 0 Å². The molecule has 0 fully saturated rings. The molecule has 0 amide bonds. The van der Waals surface area contributed by atoms with Crippen molar-refractivity contribution in [3.05, 3.63) is 188 Å². The number of fused-ring (bicyclic) bond motifs is 10. The maximum absolute atomic E-state index is 6.48. The normalized spacial score (nSPS) is 11.2. The van der Waals surface area contributed by atoms with Crippen molar-refractivity contribution >= 4 is 70.8 Å². The Balaban J connectivity index is 0.000000245. The van der Waals surface area contributed by atoms with Crippen LogP contribution in [0.3, 0.4) is 0 Å². The fourth-order valence-electron chi connectivity index (χ4n) is 7.48. The monoisotopic (exact) mass is 856 g/mol. The second-order valence-corrected chi connectivity index (χ2v) is 12.7. The minimum Gasteiger partial charge on any atom is -0.501 e. The zero-order chi connectivity index (χ0) is 34.4. The van der Waals surface area contributed by atoms with Gasteiger partial charge in [0.05, 0.1) is 22.4 Å². The average molecular weight is 856 g/mol. The van der Waals surface area contributed by atoms with Gasteiger partial charge in [-0.1, -0.05) is 120 Å². The van der Waals surface area contributed by atoms with Gasteiger partial charge >= 0.3 is 0 Å². The molecule has 0 unspecified atom stereocenters. The molecule has 7 aromatic carbocycles. The first-order valence-corrected chi connectivity index (χ1v) is 17.3. The van der Waals surface area contributed by atoms with E-state index in [1.54, 1.807) is 6.20 Å². The topological polar surface area (TPSA) is 43.3 Å². The summed E-state index contributed by atoms with van der Waals surface area (Å²) in [7, 11) is 0. The number of benzene rings is 7. The Bertz CT molecular complexity index is 3090. The van der Waals surface area contributed by atoms with Gasteiger partial charge in [-0.15, -0.1) is 54.1 Å². The predicted molar refractivity (Wildman–Crippen MR) is 214 cm³/mol. The summed E-state index contributed by atoms with van der Waals surface area (Å²) in [4.78, 5) is 9.51. The molecule has 0 aliphatic heterocycles. The molecule has 0 N–H and O–H groups in total. The second-order valence-electron chi connectivity index (χ2n) is 12.7. The second kappa shape index (κ2) is 13.6. The van der Waals surface area contributed by atoms with Crippen LogP contribution in [-0.4, -0.2) is 14.4 Å². The molecule has 5 heteroatoms. The fraction of sp³-hybridized carbons (Fsp3) is 0. The largest absolute Gasteiger partial charge is 0.501 e. The van der Waals surface area contributed by atoms with Gasteiger partial charge < -0.3 is 13.8 Å². The Kier molecular flexibility index (Phi) is 8.36. The molecule has 0 atom stereocenters. The summed E-state index contributed by atoms with van der Waals surface area (Å²) in [6.45, 7) is 0. The Morgan fingerprint density at radius 3 is 1.87 bits per heavy atom. The number of aromatic nitrogens is 3. The van der Waals surface area contributed by atoms with Crippen LogP contribution in [0.2, 0.25) is 0 Å². The van der Waals surface area contributed by atoms with Gasteiger partial charge in [0, 0.05) is 48.0 Å². The smallest absolute Gasteiger partial charge is 0.120 e. The summed E-state index contributed by atoms with van der Waals surface area (Å²) in [6, 6.07) is 65.0. The quantitative estimate of drug-likeness (QED) is 0.163. The van der Waals surface area contributed by atoms with E-state index in [0.29, 0.717) is 0 Å².